The maximum atomic E-state index is 13.4. The van der Waals surface area contributed by atoms with Gasteiger partial charge in [-0.1, -0.05) is 24.3 Å². The van der Waals surface area contributed by atoms with Crippen molar-refractivity contribution >= 4 is 59.5 Å². The number of hydrogen-bond donors (Lipinski definition) is 4. The van der Waals surface area contributed by atoms with Gasteiger partial charge in [-0.3, -0.25) is 44.1 Å². The normalized spacial score (nSPS) is 17.1. The fraction of sp³-hybridized carbons (Fsp3) is 0.349. The summed E-state index contributed by atoms with van der Waals surface area (Å²) in [5, 5.41) is 19.9. The van der Waals surface area contributed by atoms with Crippen LogP contribution in [0.15, 0.2) is 77.9 Å². The first-order valence-electron chi connectivity index (χ1n) is 20.4. The van der Waals surface area contributed by atoms with Gasteiger partial charge in [-0.25, -0.2) is 9.98 Å². The van der Waals surface area contributed by atoms with Crippen LogP contribution in [-0.2, 0) is 23.9 Å². The molecule has 6 amide bonds. The zero-order chi connectivity index (χ0) is 43.6. The van der Waals surface area contributed by atoms with Crippen molar-refractivity contribution < 1.29 is 38.2 Å². The van der Waals surface area contributed by atoms with Gasteiger partial charge in [0.1, 0.15) is 17.6 Å². The zero-order valence-electron chi connectivity index (χ0n) is 34.2. The molecule has 3 aromatic heterocycles. The summed E-state index contributed by atoms with van der Waals surface area (Å²) in [6, 6.07) is 12.6. The highest BCUT2D eigenvalue weighted by Gasteiger charge is 2.45. The highest BCUT2D eigenvalue weighted by molar-refractivity contribution is 6.25. The number of aromatic amines is 1. The molecule has 3 aliphatic rings. The molecule has 62 heavy (non-hydrogen) atoms. The van der Waals surface area contributed by atoms with E-state index in [1.807, 2.05) is 30.0 Å². The Balaban J connectivity index is 0.833. The largest absolute Gasteiger partial charge is 0.382 e. The van der Waals surface area contributed by atoms with Crippen LogP contribution >= 0.6 is 0 Å². The van der Waals surface area contributed by atoms with Crippen molar-refractivity contribution in [1.29, 1.82) is 0 Å². The van der Waals surface area contributed by atoms with Crippen LogP contribution in [0.25, 0.3) is 17.2 Å². The van der Waals surface area contributed by atoms with Crippen molar-refractivity contribution in [3.63, 3.8) is 0 Å². The lowest BCUT2D eigenvalue weighted by atomic mass is 9.93. The fourth-order valence-corrected chi connectivity index (χ4v) is 7.51. The Hall–Kier alpha value is -7.12. The highest BCUT2D eigenvalue weighted by atomic mass is 16.5. The quantitative estimate of drug-likeness (QED) is 0.0487. The number of pyridine rings is 1. The van der Waals surface area contributed by atoms with Crippen molar-refractivity contribution in [3.8, 4) is 11.4 Å². The molecule has 0 saturated carbocycles. The Morgan fingerprint density at radius 3 is 2.52 bits per heavy atom. The van der Waals surface area contributed by atoms with Crippen molar-refractivity contribution in [2.45, 2.75) is 51.0 Å². The van der Waals surface area contributed by atoms with Gasteiger partial charge in [0.15, 0.2) is 5.82 Å². The van der Waals surface area contributed by atoms with Gasteiger partial charge in [-0.15, -0.1) is 0 Å². The van der Waals surface area contributed by atoms with E-state index in [4.69, 9.17) is 14.6 Å². The number of aliphatic imine (C=N–C) groups is 1. The summed E-state index contributed by atoms with van der Waals surface area (Å²) in [5.41, 5.74) is 3.05. The number of likely N-dealkylation sites (tertiary alicyclic amines) is 1. The number of anilines is 2. The van der Waals surface area contributed by atoms with Crippen LogP contribution in [0.4, 0.5) is 11.5 Å². The minimum atomic E-state index is -1.04. The van der Waals surface area contributed by atoms with E-state index in [1.54, 1.807) is 53.4 Å². The maximum Gasteiger partial charge on any atom is 0.275 e. The van der Waals surface area contributed by atoms with Crippen LogP contribution in [0.3, 0.4) is 0 Å². The second-order valence-corrected chi connectivity index (χ2v) is 14.6. The topological polar surface area (TPSA) is 235 Å². The number of fused-ring (bicyclic) bond motifs is 1. The first kappa shape index (κ1) is 43.0. The molecule has 0 radical (unpaired) electrons. The van der Waals surface area contributed by atoms with E-state index in [2.05, 4.69) is 42.8 Å². The molecule has 6 heterocycles. The van der Waals surface area contributed by atoms with Gasteiger partial charge in [0.05, 0.1) is 61.1 Å². The van der Waals surface area contributed by atoms with Crippen molar-refractivity contribution in [2.75, 3.05) is 56.7 Å². The van der Waals surface area contributed by atoms with E-state index in [0.717, 1.165) is 10.6 Å². The Bertz CT molecular complexity index is 2400. The Kier molecular flexibility index (Phi) is 13.8. The third kappa shape index (κ3) is 9.74. The van der Waals surface area contributed by atoms with E-state index in [0.29, 0.717) is 61.2 Å². The van der Waals surface area contributed by atoms with E-state index < -0.39 is 35.6 Å². The van der Waals surface area contributed by atoms with Crippen molar-refractivity contribution in [1.82, 2.24) is 40.1 Å². The molecule has 0 aliphatic carbocycles. The lowest BCUT2D eigenvalue weighted by molar-refractivity contribution is -0.136. The summed E-state index contributed by atoms with van der Waals surface area (Å²) in [7, 11) is 0. The lowest BCUT2D eigenvalue weighted by Crippen LogP contribution is -2.54. The highest BCUT2D eigenvalue weighted by Crippen LogP contribution is 2.33. The number of piperidine rings is 2. The molecule has 4 N–H and O–H groups in total. The van der Waals surface area contributed by atoms with Gasteiger partial charge in [0.2, 0.25) is 17.7 Å². The molecule has 1 atom stereocenters. The van der Waals surface area contributed by atoms with Gasteiger partial charge >= 0.3 is 0 Å². The summed E-state index contributed by atoms with van der Waals surface area (Å²) in [6.07, 6.45) is 8.72. The third-order valence-corrected chi connectivity index (χ3v) is 10.7. The molecule has 0 spiro atoms. The van der Waals surface area contributed by atoms with Crippen LogP contribution in [-0.4, -0.2) is 129 Å². The average molecular weight is 846 g/mol. The number of aromatic nitrogens is 5. The predicted molar refractivity (Wildman–Crippen MR) is 227 cm³/mol. The summed E-state index contributed by atoms with van der Waals surface area (Å²) in [5.74, 6) is -1.82. The summed E-state index contributed by atoms with van der Waals surface area (Å²) < 4.78 is 12.9. The molecule has 2 fully saturated rings. The van der Waals surface area contributed by atoms with Crippen LogP contribution in [0.5, 0.6) is 0 Å². The van der Waals surface area contributed by atoms with Gasteiger partial charge < -0.3 is 25.0 Å². The number of amides is 6. The van der Waals surface area contributed by atoms with E-state index >= 15 is 0 Å². The summed E-state index contributed by atoms with van der Waals surface area (Å²) in [4.78, 5) is 88.2. The summed E-state index contributed by atoms with van der Waals surface area (Å²) >= 11 is 0. The molecule has 19 heteroatoms. The first-order chi connectivity index (χ1) is 30.2. The second kappa shape index (κ2) is 20.0. The van der Waals surface area contributed by atoms with Crippen molar-refractivity contribution in [2.24, 2.45) is 4.99 Å². The van der Waals surface area contributed by atoms with Crippen LogP contribution in [0, 0.1) is 0 Å². The number of H-pyrrole nitrogens is 1. The number of hydrogen-bond acceptors (Lipinski definition) is 13. The van der Waals surface area contributed by atoms with Crippen LogP contribution in [0.2, 0.25) is 0 Å². The molecule has 4 aromatic rings. The predicted octanol–water partition coefficient (Wildman–Crippen LogP) is 3.64. The van der Waals surface area contributed by atoms with E-state index in [1.165, 1.54) is 6.07 Å². The number of nitrogens with zero attached hydrogens (tertiary/aromatic N) is 7. The molecule has 1 unspecified atom stereocenters. The molecule has 0 bridgehead atoms. The molecular formula is C43H47N11O8. The van der Waals surface area contributed by atoms with Crippen molar-refractivity contribution in [3.05, 3.63) is 95.5 Å². The maximum absolute atomic E-state index is 13.4. The number of nitrogens with one attached hydrogen (secondary N) is 4. The molecule has 7 rings (SSSR count). The number of carbonyl (C=O) groups is 6. The van der Waals surface area contributed by atoms with Crippen LogP contribution in [0.1, 0.15) is 81.8 Å². The lowest BCUT2D eigenvalue weighted by Gasteiger charge is -2.31. The standard InChI is InChI=1S/C43H47N11O8/c1-3-4-11-35(44-2)54-36(48-40(57)32-10-6-8-29(47-32)30-14-18-46-50-30)26-33(51-54)27-15-20-52(21-16-27)38(56)17-22-61-24-25-62-23-19-45-31-9-5-7-28-39(31)43(60)53(42(28)59)34-12-13-37(55)49-41(34)58/h3-11,14,18,26-27,34,45H,2,12-13,15-17,19-25H2,1H3,(H,46,50)(H,48,57)(H,49,55,58)/b4-3-,35-11+. The smallest absolute Gasteiger partial charge is 0.275 e. The van der Waals surface area contributed by atoms with Gasteiger partial charge in [-0.05, 0) is 69.3 Å². The third-order valence-electron chi connectivity index (χ3n) is 10.7. The fourth-order valence-electron chi connectivity index (χ4n) is 7.51. The molecule has 3 aliphatic heterocycles. The van der Waals surface area contributed by atoms with Gasteiger partial charge in [0.25, 0.3) is 17.7 Å². The minimum Gasteiger partial charge on any atom is -0.382 e. The second-order valence-electron chi connectivity index (χ2n) is 14.6. The molecule has 322 valence electrons. The monoisotopic (exact) mass is 845 g/mol. The minimum absolute atomic E-state index is 0.0102. The number of benzene rings is 1. The summed E-state index contributed by atoms with van der Waals surface area (Å²) in [6.45, 7) is 8.07. The number of carbonyl (C=O) groups excluding carboxylic acids is 6. The SMILES string of the molecule is C=N/C(=C\C=C/C)n1nc(C2CCN(C(=O)CCOCCOCCNc3cccc4c3C(=O)N(C3CCC(=O)NC3=O)C4=O)CC2)cc1NC(=O)c1cccc(-c2ccn[nH]2)n1. The molecule has 2 saturated heterocycles. The number of imide groups is 2. The number of rotatable bonds is 18. The zero-order valence-corrected chi connectivity index (χ0v) is 34.2. The molecular weight excluding hydrogens is 799 g/mol. The number of allylic oxidation sites excluding steroid dienone is 3. The molecule has 1 aromatic carbocycles. The van der Waals surface area contributed by atoms with E-state index in [9.17, 15) is 28.8 Å². The Morgan fingerprint density at radius 1 is 0.984 bits per heavy atom. The Labute approximate surface area is 356 Å². The number of ether oxygens (including phenoxy) is 2. The Morgan fingerprint density at radius 2 is 1.77 bits per heavy atom. The average Bonchev–Trinajstić information content (AvgIpc) is 4.03. The van der Waals surface area contributed by atoms with Gasteiger partial charge in [-0.2, -0.15) is 14.9 Å². The van der Waals surface area contributed by atoms with Crippen LogP contribution < -0.4 is 16.0 Å². The first-order valence-corrected chi connectivity index (χ1v) is 20.4. The molecule has 19 nitrogen and oxygen atoms in total. The van der Waals surface area contributed by atoms with E-state index in [-0.39, 0.29) is 74.3 Å². The van der Waals surface area contributed by atoms with Gasteiger partial charge in [0, 0.05) is 49.9 Å².